The van der Waals surface area contributed by atoms with Crippen LogP contribution in [0.1, 0.15) is 5.56 Å². The van der Waals surface area contributed by atoms with Crippen LogP contribution in [0.3, 0.4) is 0 Å². The Morgan fingerprint density at radius 2 is 2.15 bits per heavy atom. The van der Waals surface area contributed by atoms with Gasteiger partial charge in [-0.15, -0.1) is 0 Å². The molecule has 2 aromatic heterocycles. The van der Waals surface area contributed by atoms with Gasteiger partial charge in [-0.05, 0) is 24.4 Å². The van der Waals surface area contributed by atoms with E-state index in [2.05, 4.69) is 19.9 Å². The molecule has 6 nitrogen and oxygen atoms in total. The number of nitrogens with one attached hydrogen (secondary N) is 2. The zero-order valence-electron chi connectivity index (χ0n) is 9.95. The van der Waals surface area contributed by atoms with Gasteiger partial charge in [-0.1, -0.05) is 23.5 Å². The zero-order valence-corrected chi connectivity index (χ0v) is 11.6. The molecular weight excluding hydrogens is 296 g/mol. The lowest BCUT2D eigenvalue weighted by atomic mass is 10.3. The summed E-state index contributed by atoms with van der Waals surface area (Å²) >= 11 is 6.14. The highest BCUT2D eigenvalue weighted by molar-refractivity contribution is 7.71. The minimum absolute atomic E-state index is 0.0119. The van der Waals surface area contributed by atoms with Crippen LogP contribution in [0.15, 0.2) is 34.1 Å². The molecule has 1 aromatic carbocycles. The van der Waals surface area contributed by atoms with Crippen molar-refractivity contribution in [2.75, 3.05) is 0 Å². The van der Waals surface area contributed by atoms with Crippen molar-refractivity contribution < 1.29 is 5.11 Å². The van der Waals surface area contributed by atoms with Crippen LogP contribution in [0.2, 0.25) is 0 Å². The smallest absolute Gasteiger partial charge is 0.264 e. The maximum absolute atomic E-state index is 11.6. The Bertz CT molecular complexity index is 890. The maximum atomic E-state index is 11.6. The van der Waals surface area contributed by atoms with Crippen molar-refractivity contribution in [3.63, 3.8) is 0 Å². The highest BCUT2D eigenvalue weighted by atomic mass is 32.1. The first kappa shape index (κ1) is 12.7. The first-order valence-corrected chi connectivity index (χ1v) is 6.81. The Labute approximate surface area is 121 Å². The summed E-state index contributed by atoms with van der Waals surface area (Å²) < 4.78 is 1.06. The van der Waals surface area contributed by atoms with Crippen molar-refractivity contribution in [2.45, 2.75) is 0 Å². The number of aromatic hydroxyl groups is 1. The number of nitrogens with zero attached hydrogens (tertiary/aromatic N) is 2. The molecule has 0 radical (unpaired) electrons. The molecule has 8 heteroatoms. The predicted molar refractivity (Wildman–Crippen MR) is 80.8 cm³/mol. The molecule has 0 unspecified atom stereocenters. The topological polar surface area (TPSA) is 94.1 Å². The molecule has 0 atom stereocenters. The van der Waals surface area contributed by atoms with Gasteiger partial charge in [0.1, 0.15) is 5.56 Å². The van der Waals surface area contributed by atoms with E-state index in [1.54, 1.807) is 0 Å². The number of aromatic amines is 2. The van der Waals surface area contributed by atoms with Crippen molar-refractivity contribution in [1.82, 2.24) is 15.0 Å². The Morgan fingerprint density at radius 1 is 1.35 bits per heavy atom. The van der Waals surface area contributed by atoms with Gasteiger partial charge in [0.05, 0.1) is 10.2 Å². The second kappa shape index (κ2) is 4.99. The second-order valence-corrected chi connectivity index (χ2v) is 5.31. The summed E-state index contributed by atoms with van der Waals surface area (Å²) in [5, 5.41) is 10.1. The van der Waals surface area contributed by atoms with Gasteiger partial charge in [0.15, 0.2) is 4.77 Å². The maximum Gasteiger partial charge on any atom is 0.264 e. The number of aromatic nitrogens is 3. The predicted octanol–water partition coefficient (Wildman–Crippen LogP) is 2.50. The van der Waals surface area contributed by atoms with Crippen molar-refractivity contribution in [1.29, 1.82) is 0 Å². The summed E-state index contributed by atoms with van der Waals surface area (Å²) in [5.41, 5.74) is 0.351. The number of H-pyrrole nitrogens is 2. The van der Waals surface area contributed by atoms with Gasteiger partial charge in [0, 0.05) is 6.21 Å². The number of thiazole rings is 1. The first-order valence-electron chi connectivity index (χ1n) is 5.59. The van der Waals surface area contributed by atoms with Gasteiger partial charge in [-0.3, -0.25) is 9.78 Å². The Morgan fingerprint density at radius 3 is 2.90 bits per heavy atom. The quantitative estimate of drug-likeness (QED) is 0.501. The van der Waals surface area contributed by atoms with E-state index in [0.717, 1.165) is 10.2 Å². The summed E-state index contributed by atoms with van der Waals surface area (Å²) in [5.74, 6) is -0.316. The minimum atomic E-state index is -0.504. The molecule has 2 heterocycles. The standard InChI is InChI=1S/C12H8N4O2S2/c17-9-6(10(18)16-11(19)15-9)5-13-12-14-7-3-1-2-4-8(7)20-12/h1-5H,(H3,15,16,17,18,19). The number of aliphatic imine (C=N–C) groups is 1. The lowest BCUT2D eigenvalue weighted by molar-refractivity contribution is 0.449. The van der Waals surface area contributed by atoms with E-state index in [4.69, 9.17) is 12.2 Å². The Hall–Kier alpha value is -2.32. The van der Waals surface area contributed by atoms with E-state index < -0.39 is 5.56 Å². The van der Waals surface area contributed by atoms with Gasteiger partial charge in [0.25, 0.3) is 5.56 Å². The van der Waals surface area contributed by atoms with Crippen molar-refractivity contribution in [3.8, 4) is 5.88 Å². The van der Waals surface area contributed by atoms with Gasteiger partial charge in [-0.2, -0.15) is 0 Å². The molecule has 0 bridgehead atoms. The molecule has 20 heavy (non-hydrogen) atoms. The summed E-state index contributed by atoms with van der Waals surface area (Å²) in [6.07, 6.45) is 1.26. The minimum Gasteiger partial charge on any atom is -0.494 e. The molecule has 0 saturated carbocycles. The number of hydrogen-bond acceptors (Lipinski definition) is 6. The molecule has 0 aliphatic rings. The molecular formula is C12H8N4O2S2. The number of benzene rings is 1. The van der Waals surface area contributed by atoms with E-state index in [0.29, 0.717) is 5.13 Å². The number of rotatable bonds is 2. The average Bonchev–Trinajstić information content (AvgIpc) is 2.80. The molecule has 0 saturated heterocycles. The van der Waals surface area contributed by atoms with Crippen molar-refractivity contribution in [2.24, 2.45) is 4.99 Å². The summed E-state index contributed by atoms with van der Waals surface area (Å²) in [7, 11) is 0. The molecule has 3 aromatic rings. The van der Waals surface area contributed by atoms with E-state index in [9.17, 15) is 9.90 Å². The van der Waals surface area contributed by atoms with E-state index in [1.807, 2.05) is 24.3 Å². The van der Waals surface area contributed by atoms with Gasteiger partial charge in [0.2, 0.25) is 11.0 Å². The van der Waals surface area contributed by atoms with Crippen LogP contribution in [-0.4, -0.2) is 26.3 Å². The molecule has 3 rings (SSSR count). The fourth-order valence-corrected chi connectivity index (χ4v) is 2.64. The lowest BCUT2D eigenvalue weighted by Crippen LogP contribution is -2.13. The van der Waals surface area contributed by atoms with E-state index in [1.165, 1.54) is 17.6 Å². The van der Waals surface area contributed by atoms with Crippen LogP contribution >= 0.6 is 23.6 Å². The SMILES string of the molecule is O=c1[nH]c(=S)[nH]c(O)c1C=Nc1nc2ccccc2s1. The van der Waals surface area contributed by atoms with Gasteiger partial charge >= 0.3 is 0 Å². The zero-order chi connectivity index (χ0) is 14.1. The Balaban J connectivity index is 2.02. The Kier molecular flexibility index (Phi) is 3.17. The van der Waals surface area contributed by atoms with Crippen LogP contribution in [0.25, 0.3) is 10.2 Å². The van der Waals surface area contributed by atoms with Crippen molar-refractivity contribution in [3.05, 3.63) is 45.0 Å². The number of para-hydroxylation sites is 1. The van der Waals surface area contributed by atoms with Crippen LogP contribution in [0, 0.1) is 4.77 Å². The summed E-state index contributed by atoms with van der Waals surface area (Å²) in [4.78, 5) is 24.9. The van der Waals surface area contributed by atoms with Crippen molar-refractivity contribution >= 4 is 45.1 Å². The summed E-state index contributed by atoms with van der Waals surface area (Å²) in [6, 6.07) is 7.64. The van der Waals surface area contributed by atoms with E-state index in [-0.39, 0.29) is 16.2 Å². The average molecular weight is 304 g/mol. The molecule has 0 spiro atoms. The normalized spacial score (nSPS) is 11.4. The third-order valence-corrected chi connectivity index (χ3v) is 3.69. The summed E-state index contributed by atoms with van der Waals surface area (Å²) in [6.45, 7) is 0. The lowest BCUT2D eigenvalue weighted by Gasteiger charge is -1.95. The fourth-order valence-electron chi connectivity index (χ4n) is 1.64. The van der Waals surface area contributed by atoms with Crippen LogP contribution < -0.4 is 5.56 Å². The highest BCUT2D eigenvalue weighted by Crippen LogP contribution is 2.27. The van der Waals surface area contributed by atoms with Gasteiger partial charge < -0.3 is 10.1 Å². The number of fused-ring (bicyclic) bond motifs is 1. The molecule has 0 aliphatic heterocycles. The van der Waals surface area contributed by atoms with Gasteiger partial charge in [-0.25, -0.2) is 9.98 Å². The monoisotopic (exact) mass is 304 g/mol. The van der Waals surface area contributed by atoms with Crippen LogP contribution in [0.5, 0.6) is 5.88 Å². The molecule has 3 N–H and O–H groups in total. The second-order valence-electron chi connectivity index (χ2n) is 3.89. The third kappa shape index (κ3) is 2.38. The fraction of sp³-hybridized carbons (Fsp3) is 0. The molecule has 0 aliphatic carbocycles. The first-order chi connectivity index (χ1) is 9.63. The third-order valence-electron chi connectivity index (χ3n) is 2.55. The van der Waals surface area contributed by atoms with E-state index >= 15 is 0 Å². The highest BCUT2D eigenvalue weighted by Gasteiger charge is 2.05. The molecule has 0 fully saturated rings. The number of hydrogen-bond donors (Lipinski definition) is 3. The molecule has 100 valence electrons. The van der Waals surface area contributed by atoms with Crippen LogP contribution in [0.4, 0.5) is 5.13 Å². The largest absolute Gasteiger partial charge is 0.494 e. The molecule has 0 amide bonds. The van der Waals surface area contributed by atoms with Crippen LogP contribution in [-0.2, 0) is 0 Å².